The number of carbonyl (C=O) groups is 1. The number of nitrogens with zero attached hydrogens (tertiary/aromatic N) is 1. The number of aryl methyl sites for hydroxylation is 1. The minimum Gasteiger partial charge on any atom is -0.429 e. The van der Waals surface area contributed by atoms with E-state index < -0.39 is 0 Å². The first-order valence-corrected chi connectivity index (χ1v) is 7.98. The molecule has 0 bridgehead atoms. The number of para-hydroxylation sites is 2. The van der Waals surface area contributed by atoms with Crippen molar-refractivity contribution < 1.29 is 9.21 Å². The second-order valence-electron chi connectivity index (χ2n) is 5.44. The van der Waals surface area contributed by atoms with Gasteiger partial charge in [-0.2, -0.15) is 0 Å². The van der Waals surface area contributed by atoms with Gasteiger partial charge < -0.3 is 9.73 Å². The molecule has 0 aliphatic carbocycles. The number of oxazole rings is 1. The fraction of sp³-hybridized carbons (Fsp3) is 0.222. The molecule has 1 atom stereocenters. The van der Waals surface area contributed by atoms with Crippen molar-refractivity contribution in [2.75, 3.05) is 0 Å². The number of benzene rings is 2. The first-order valence-electron chi connectivity index (χ1n) is 7.58. The molecular weight excluding hydrogens is 308 g/mol. The Hall–Kier alpha value is -2.40. The van der Waals surface area contributed by atoms with Gasteiger partial charge in [0.25, 0.3) is 4.84 Å². The third kappa shape index (κ3) is 3.51. The molecule has 5 heteroatoms. The van der Waals surface area contributed by atoms with Gasteiger partial charge in [0.05, 0.1) is 11.6 Å². The molecule has 0 saturated heterocycles. The van der Waals surface area contributed by atoms with Crippen LogP contribution < -0.4 is 5.32 Å². The molecule has 0 spiro atoms. The summed E-state index contributed by atoms with van der Waals surface area (Å²) >= 11 is 5.23. The van der Waals surface area contributed by atoms with E-state index >= 15 is 0 Å². The van der Waals surface area contributed by atoms with E-state index in [1.807, 2.05) is 66.1 Å². The maximum atomic E-state index is 12.2. The predicted molar refractivity (Wildman–Crippen MR) is 92.7 cm³/mol. The lowest BCUT2D eigenvalue weighted by molar-refractivity contribution is -0.121. The van der Waals surface area contributed by atoms with Gasteiger partial charge in [0.2, 0.25) is 5.91 Å². The van der Waals surface area contributed by atoms with Crippen LogP contribution in [0.3, 0.4) is 0 Å². The van der Waals surface area contributed by atoms with Crippen LogP contribution in [0, 0.1) is 4.84 Å². The minimum absolute atomic E-state index is 0.00599. The molecule has 0 aliphatic heterocycles. The van der Waals surface area contributed by atoms with Gasteiger partial charge in [-0.1, -0.05) is 42.5 Å². The van der Waals surface area contributed by atoms with Gasteiger partial charge in [0.15, 0.2) is 5.58 Å². The number of rotatable bonds is 5. The fourth-order valence-corrected chi connectivity index (χ4v) is 2.86. The molecule has 0 radical (unpaired) electrons. The molecule has 23 heavy (non-hydrogen) atoms. The monoisotopic (exact) mass is 326 g/mol. The number of aromatic nitrogens is 1. The highest BCUT2D eigenvalue weighted by Crippen LogP contribution is 2.17. The average Bonchev–Trinajstić information content (AvgIpc) is 2.89. The molecule has 3 rings (SSSR count). The fourth-order valence-electron chi connectivity index (χ4n) is 2.58. The van der Waals surface area contributed by atoms with Crippen LogP contribution in [0.1, 0.15) is 24.9 Å². The van der Waals surface area contributed by atoms with Gasteiger partial charge >= 0.3 is 0 Å². The lowest BCUT2D eigenvalue weighted by Gasteiger charge is -2.14. The number of fused-ring (bicyclic) bond motifs is 1. The summed E-state index contributed by atoms with van der Waals surface area (Å²) in [6.45, 7) is 2.48. The molecule has 1 heterocycles. The largest absolute Gasteiger partial charge is 0.429 e. The van der Waals surface area contributed by atoms with Crippen molar-refractivity contribution in [3.05, 3.63) is 65.0 Å². The third-order valence-corrected chi connectivity index (χ3v) is 4.12. The van der Waals surface area contributed by atoms with E-state index in [-0.39, 0.29) is 11.9 Å². The Kier molecular flexibility index (Phi) is 4.57. The number of nitrogens with one attached hydrogen (secondary N) is 1. The maximum Gasteiger partial charge on any atom is 0.269 e. The van der Waals surface area contributed by atoms with Gasteiger partial charge in [-0.25, -0.2) is 0 Å². The second-order valence-corrected chi connectivity index (χ2v) is 5.79. The predicted octanol–water partition coefficient (Wildman–Crippen LogP) is 4.23. The molecule has 3 aromatic rings. The Morgan fingerprint density at radius 2 is 1.87 bits per heavy atom. The summed E-state index contributed by atoms with van der Waals surface area (Å²) < 4.78 is 7.39. The first kappa shape index (κ1) is 15.5. The topological polar surface area (TPSA) is 47.2 Å². The van der Waals surface area contributed by atoms with Gasteiger partial charge in [0.1, 0.15) is 0 Å². The average molecular weight is 326 g/mol. The molecule has 0 aliphatic rings. The van der Waals surface area contributed by atoms with Crippen molar-refractivity contribution in [1.82, 2.24) is 9.88 Å². The Balaban J connectivity index is 1.65. The van der Waals surface area contributed by atoms with Crippen LogP contribution in [0.5, 0.6) is 0 Å². The lowest BCUT2D eigenvalue weighted by Crippen LogP contribution is -2.27. The SMILES string of the molecule is CC(NC(=O)CCn1c(=S)oc2ccccc21)c1ccccc1. The first-order chi connectivity index (χ1) is 11.1. The van der Waals surface area contributed by atoms with Crippen molar-refractivity contribution in [2.24, 2.45) is 0 Å². The van der Waals surface area contributed by atoms with Crippen LogP contribution in [0.25, 0.3) is 11.1 Å². The summed E-state index contributed by atoms with van der Waals surface area (Å²) in [5.74, 6) is -0.00599. The molecule has 4 nitrogen and oxygen atoms in total. The van der Waals surface area contributed by atoms with E-state index in [4.69, 9.17) is 16.6 Å². The molecule has 0 saturated carbocycles. The Morgan fingerprint density at radius 1 is 1.17 bits per heavy atom. The Morgan fingerprint density at radius 3 is 2.65 bits per heavy atom. The Bertz CT molecular complexity index is 867. The smallest absolute Gasteiger partial charge is 0.269 e. The Labute approximate surface area is 139 Å². The highest BCUT2D eigenvalue weighted by Gasteiger charge is 2.11. The van der Waals surface area contributed by atoms with Crippen molar-refractivity contribution in [1.29, 1.82) is 0 Å². The van der Waals surface area contributed by atoms with E-state index in [1.54, 1.807) is 0 Å². The minimum atomic E-state index is -0.0160. The second kappa shape index (κ2) is 6.79. The summed E-state index contributed by atoms with van der Waals surface area (Å²) in [5, 5.41) is 3.01. The van der Waals surface area contributed by atoms with E-state index in [2.05, 4.69) is 5.32 Å². The highest BCUT2D eigenvalue weighted by atomic mass is 32.1. The summed E-state index contributed by atoms with van der Waals surface area (Å²) in [7, 11) is 0. The maximum absolute atomic E-state index is 12.2. The van der Waals surface area contributed by atoms with Crippen LogP contribution in [0.15, 0.2) is 59.0 Å². The summed E-state index contributed by atoms with van der Waals surface area (Å²) in [6, 6.07) is 17.5. The molecule has 1 N–H and O–H groups in total. The molecule has 1 amide bonds. The van der Waals surface area contributed by atoms with Gasteiger partial charge in [-0.05, 0) is 36.8 Å². The number of carbonyl (C=O) groups excluding carboxylic acids is 1. The number of hydrogen-bond donors (Lipinski definition) is 1. The molecule has 1 aromatic heterocycles. The van der Waals surface area contributed by atoms with Gasteiger partial charge in [-0.15, -0.1) is 0 Å². The number of amides is 1. The van der Waals surface area contributed by atoms with Gasteiger partial charge in [0, 0.05) is 13.0 Å². The normalized spacial score (nSPS) is 12.2. The van der Waals surface area contributed by atoms with Crippen LogP contribution in [-0.2, 0) is 11.3 Å². The van der Waals surface area contributed by atoms with E-state index in [0.29, 0.717) is 17.8 Å². The summed E-state index contributed by atoms with van der Waals surface area (Å²) in [4.78, 5) is 12.6. The van der Waals surface area contributed by atoms with Crippen LogP contribution in [0.4, 0.5) is 0 Å². The zero-order valence-electron chi connectivity index (χ0n) is 12.9. The van der Waals surface area contributed by atoms with Crippen molar-refractivity contribution in [3.63, 3.8) is 0 Å². The molecule has 118 valence electrons. The van der Waals surface area contributed by atoms with E-state index in [0.717, 1.165) is 16.7 Å². The molecule has 1 unspecified atom stereocenters. The highest BCUT2D eigenvalue weighted by molar-refractivity contribution is 7.71. The summed E-state index contributed by atoms with van der Waals surface area (Å²) in [5.41, 5.74) is 2.75. The molecule has 2 aromatic carbocycles. The van der Waals surface area contributed by atoms with Crippen LogP contribution in [0.2, 0.25) is 0 Å². The summed E-state index contributed by atoms with van der Waals surface area (Å²) in [6.07, 6.45) is 0.356. The van der Waals surface area contributed by atoms with E-state index in [1.165, 1.54) is 0 Å². The van der Waals surface area contributed by atoms with E-state index in [9.17, 15) is 4.79 Å². The van der Waals surface area contributed by atoms with Gasteiger partial charge in [-0.3, -0.25) is 9.36 Å². The zero-order valence-corrected chi connectivity index (χ0v) is 13.7. The third-order valence-electron chi connectivity index (χ3n) is 3.81. The van der Waals surface area contributed by atoms with Crippen molar-refractivity contribution in [3.8, 4) is 0 Å². The number of hydrogen-bond acceptors (Lipinski definition) is 3. The quantitative estimate of drug-likeness (QED) is 0.714. The van der Waals surface area contributed by atoms with Crippen molar-refractivity contribution >= 4 is 29.2 Å². The molecule has 0 fully saturated rings. The standard InChI is InChI=1S/C18H18N2O2S/c1-13(14-7-3-2-4-8-14)19-17(21)11-12-20-15-9-5-6-10-16(15)22-18(20)23/h2-10,13H,11-12H2,1H3,(H,19,21). The lowest BCUT2D eigenvalue weighted by atomic mass is 10.1. The van der Waals surface area contributed by atoms with Crippen LogP contribution >= 0.6 is 12.2 Å². The van der Waals surface area contributed by atoms with Crippen LogP contribution in [-0.4, -0.2) is 10.5 Å². The zero-order chi connectivity index (χ0) is 16.2. The van der Waals surface area contributed by atoms with Crippen molar-refractivity contribution in [2.45, 2.75) is 25.9 Å². The molecular formula is C18H18N2O2S.